The molecule has 1 atom stereocenters. The molecule has 1 heterocycles. The van der Waals surface area contributed by atoms with Gasteiger partial charge in [0, 0.05) is 12.5 Å². The lowest BCUT2D eigenvalue weighted by molar-refractivity contribution is -0.119. The van der Waals surface area contributed by atoms with E-state index < -0.39 is 17.2 Å². The van der Waals surface area contributed by atoms with Crippen LogP contribution >= 0.6 is 23.1 Å². The molecule has 1 aromatic rings. The minimum absolute atomic E-state index is 0.0229. The summed E-state index contributed by atoms with van der Waals surface area (Å²) in [6.07, 6.45) is 2.37. The van der Waals surface area contributed by atoms with E-state index in [0.717, 1.165) is 12.8 Å². The Bertz CT molecular complexity index is 587. The third-order valence-electron chi connectivity index (χ3n) is 2.98. The molecule has 0 unspecified atom stereocenters. The normalized spacial score (nSPS) is 15.2. The molecule has 2 rings (SSSR count). The molecular weight excluding hydrogens is 326 g/mol. The number of primary amides is 1. The van der Waals surface area contributed by atoms with E-state index in [1.54, 1.807) is 11.8 Å². The molecule has 0 aromatic carbocycles. The van der Waals surface area contributed by atoms with Crippen LogP contribution in [0.3, 0.4) is 0 Å². The van der Waals surface area contributed by atoms with Crippen LogP contribution < -0.4 is 16.0 Å². The van der Waals surface area contributed by atoms with Crippen LogP contribution in [0.2, 0.25) is 0 Å². The van der Waals surface area contributed by atoms with Crippen LogP contribution in [0.15, 0.2) is 4.34 Å². The van der Waals surface area contributed by atoms with E-state index in [1.165, 1.54) is 23.1 Å². The van der Waals surface area contributed by atoms with Crippen molar-refractivity contribution in [1.29, 1.82) is 0 Å². The summed E-state index contributed by atoms with van der Waals surface area (Å²) in [5, 5.41) is 10.1. The molecule has 1 fully saturated rings. The minimum atomic E-state index is -0.885. The van der Waals surface area contributed by atoms with E-state index in [0.29, 0.717) is 15.9 Å². The molecule has 22 heavy (non-hydrogen) atoms. The number of imide groups is 1. The van der Waals surface area contributed by atoms with Crippen LogP contribution in [0.5, 0.6) is 0 Å². The van der Waals surface area contributed by atoms with Gasteiger partial charge in [0.1, 0.15) is 0 Å². The van der Waals surface area contributed by atoms with E-state index in [1.807, 2.05) is 12.2 Å². The Morgan fingerprint density at radius 3 is 2.68 bits per heavy atom. The summed E-state index contributed by atoms with van der Waals surface area (Å²) in [4.78, 5) is 36.0. The van der Waals surface area contributed by atoms with Crippen molar-refractivity contribution in [2.24, 2.45) is 5.73 Å². The molecule has 0 saturated heterocycles. The first kappa shape index (κ1) is 16.7. The highest BCUT2D eigenvalue weighted by Crippen LogP contribution is 2.37. The molecule has 1 saturated carbocycles. The van der Waals surface area contributed by atoms with Crippen molar-refractivity contribution in [2.75, 3.05) is 4.90 Å². The number of nitrogens with zero attached hydrogens (tertiary/aromatic N) is 3. The monoisotopic (exact) mass is 343 g/mol. The first-order chi connectivity index (χ1) is 10.4. The van der Waals surface area contributed by atoms with Gasteiger partial charge in [0.25, 0.3) is 0 Å². The second kappa shape index (κ2) is 7.05. The van der Waals surface area contributed by atoms with Crippen molar-refractivity contribution in [3.8, 4) is 0 Å². The Balaban J connectivity index is 2.02. The van der Waals surface area contributed by atoms with E-state index >= 15 is 0 Å². The van der Waals surface area contributed by atoms with Gasteiger partial charge < -0.3 is 5.73 Å². The van der Waals surface area contributed by atoms with Gasteiger partial charge in [0.2, 0.25) is 16.9 Å². The maximum Gasteiger partial charge on any atom is 0.318 e. The molecule has 10 heteroatoms. The molecule has 0 bridgehead atoms. The lowest BCUT2D eigenvalue weighted by Gasteiger charge is -2.17. The summed E-state index contributed by atoms with van der Waals surface area (Å²) < 4.78 is 0.566. The fourth-order valence-electron chi connectivity index (χ4n) is 1.74. The van der Waals surface area contributed by atoms with E-state index in [4.69, 9.17) is 5.73 Å². The van der Waals surface area contributed by atoms with Crippen molar-refractivity contribution in [2.45, 2.75) is 48.7 Å². The van der Waals surface area contributed by atoms with Crippen LogP contribution in [0, 0.1) is 0 Å². The molecule has 120 valence electrons. The van der Waals surface area contributed by atoms with Gasteiger partial charge in [0.15, 0.2) is 4.34 Å². The van der Waals surface area contributed by atoms with Crippen molar-refractivity contribution >= 4 is 46.1 Å². The molecule has 8 nitrogen and oxygen atoms in total. The number of urea groups is 1. The molecule has 0 spiro atoms. The Morgan fingerprint density at radius 1 is 1.45 bits per heavy atom. The number of amides is 4. The maximum atomic E-state index is 12.0. The lowest BCUT2D eigenvalue weighted by Crippen LogP contribution is -2.39. The van der Waals surface area contributed by atoms with E-state index in [9.17, 15) is 14.4 Å². The number of aromatic nitrogens is 2. The van der Waals surface area contributed by atoms with Gasteiger partial charge in [-0.25, -0.2) is 4.79 Å². The largest absolute Gasteiger partial charge is 0.351 e. The molecule has 0 radical (unpaired) electrons. The topological polar surface area (TPSA) is 118 Å². The number of hydrogen-bond acceptors (Lipinski definition) is 7. The average Bonchev–Trinajstić information content (AvgIpc) is 3.18. The van der Waals surface area contributed by atoms with Gasteiger partial charge >= 0.3 is 6.03 Å². The average molecular weight is 343 g/mol. The highest BCUT2D eigenvalue weighted by atomic mass is 32.2. The van der Waals surface area contributed by atoms with Crippen LogP contribution in [-0.4, -0.2) is 39.3 Å². The second-order valence-corrected chi connectivity index (χ2v) is 7.36. The van der Waals surface area contributed by atoms with Crippen LogP contribution in [0.4, 0.5) is 9.93 Å². The molecular formula is C12H17N5O3S2. The standard InChI is InChI=1S/C12H17N5O3S2/c1-3-8(18)17(7-4-5-7)11-15-16-12(22-11)21-6(2)9(19)14-10(13)20/h6-7H,3-5H2,1-2H3,(H3,13,14,19,20)/t6-/m0/s1. The van der Waals surface area contributed by atoms with Crippen molar-refractivity contribution in [1.82, 2.24) is 15.5 Å². The molecule has 1 aromatic heterocycles. The second-order valence-electron chi connectivity index (χ2n) is 4.81. The zero-order valence-corrected chi connectivity index (χ0v) is 13.9. The number of carbonyl (C=O) groups is 3. The number of rotatable bonds is 6. The highest BCUT2D eigenvalue weighted by molar-refractivity contribution is 8.02. The summed E-state index contributed by atoms with van der Waals surface area (Å²) in [5.74, 6) is -0.465. The quantitative estimate of drug-likeness (QED) is 0.590. The Morgan fingerprint density at radius 2 is 2.14 bits per heavy atom. The molecule has 1 aliphatic carbocycles. The summed E-state index contributed by atoms with van der Waals surface area (Å²) in [6, 6.07) is -0.669. The van der Waals surface area contributed by atoms with Crippen LogP contribution in [0.25, 0.3) is 0 Å². The molecule has 4 amide bonds. The Kier molecular flexibility index (Phi) is 5.35. The number of anilines is 1. The first-order valence-corrected chi connectivity index (χ1v) is 8.54. The Labute approximate surface area is 135 Å². The third kappa shape index (κ3) is 4.17. The number of hydrogen-bond donors (Lipinski definition) is 2. The van der Waals surface area contributed by atoms with Gasteiger partial charge in [-0.15, -0.1) is 10.2 Å². The van der Waals surface area contributed by atoms with Crippen LogP contribution in [-0.2, 0) is 9.59 Å². The van der Waals surface area contributed by atoms with Gasteiger partial charge in [-0.2, -0.15) is 0 Å². The van der Waals surface area contributed by atoms with E-state index in [-0.39, 0.29) is 11.9 Å². The SMILES string of the molecule is CCC(=O)N(c1nnc(S[C@@H](C)C(=O)NC(N)=O)s1)C1CC1. The summed E-state index contributed by atoms with van der Waals surface area (Å²) in [7, 11) is 0. The van der Waals surface area contributed by atoms with Crippen molar-refractivity contribution < 1.29 is 14.4 Å². The zero-order chi connectivity index (χ0) is 16.3. The summed E-state index contributed by atoms with van der Waals surface area (Å²) in [6.45, 7) is 3.45. The number of nitrogens with two attached hydrogens (primary N) is 1. The predicted octanol–water partition coefficient (Wildman–Crippen LogP) is 1.12. The smallest absolute Gasteiger partial charge is 0.318 e. The highest BCUT2D eigenvalue weighted by Gasteiger charge is 2.35. The zero-order valence-electron chi connectivity index (χ0n) is 12.2. The van der Waals surface area contributed by atoms with Gasteiger partial charge in [-0.05, 0) is 19.8 Å². The van der Waals surface area contributed by atoms with Crippen LogP contribution in [0.1, 0.15) is 33.1 Å². The van der Waals surface area contributed by atoms with E-state index in [2.05, 4.69) is 10.2 Å². The molecule has 1 aliphatic rings. The lowest BCUT2D eigenvalue weighted by atomic mass is 10.4. The van der Waals surface area contributed by atoms with Crippen molar-refractivity contribution in [3.05, 3.63) is 0 Å². The molecule has 0 aliphatic heterocycles. The predicted molar refractivity (Wildman–Crippen MR) is 83.8 cm³/mol. The van der Waals surface area contributed by atoms with Gasteiger partial charge in [0.05, 0.1) is 5.25 Å². The number of thioether (sulfide) groups is 1. The number of carbonyl (C=O) groups excluding carboxylic acids is 3. The maximum absolute atomic E-state index is 12.0. The van der Waals surface area contributed by atoms with Crippen molar-refractivity contribution in [3.63, 3.8) is 0 Å². The fourth-order valence-corrected chi connectivity index (χ4v) is 3.82. The van der Waals surface area contributed by atoms with Gasteiger partial charge in [-0.3, -0.25) is 19.8 Å². The molecule has 3 N–H and O–H groups in total. The first-order valence-electron chi connectivity index (χ1n) is 6.84. The Hall–Kier alpha value is -1.68. The minimum Gasteiger partial charge on any atom is -0.351 e. The third-order valence-corrected chi connectivity index (χ3v) is 5.09. The van der Waals surface area contributed by atoms with Gasteiger partial charge in [-0.1, -0.05) is 30.0 Å². The summed E-state index contributed by atoms with van der Waals surface area (Å²) >= 11 is 2.44. The summed E-state index contributed by atoms with van der Waals surface area (Å²) in [5.41, 5.74) is 4.91. The fraction of sp³-hybridized carbons (Fsp3) is 0.583. The number of nitrogens with one attached hydrogen (secondary N) is 1.